The van der Waals surface area contributed by atoms with Gasteiger partial charge >= 0.3 is 0 Å². The molecule has 3 heteroatoms. The number of fused-ring (bicyclic) bond motifs is 1. The molecule has 0 unspecified atom stereocenters. The van der Waals surface area contributed by atoms with Crippen molar-refractivity contribution in [3.05, 3.63) is 28.8 Å². The van der Waals surface area contributed by atoms with Crippen LogP contribution in [-0.2, 0) is 22.4 Å². The van der Waals surface area contributed by atoms with Crippen molar-refractivity contribution in [2.45, 2.75) is 26.2 Å². The standard InChI is InChI=1S/C13H15NO2/c1-9-3-5-12-11(10(9)7-8-15)4-6-13(16)14(12)2/h3,5,8H,4,6-7H2,1-2H3. The molecule has 0 aliphatic carbocycles. The summed E-state index contributed by atoms with van der Waals surface area (Å²) < 4.78 is 0. The molecule has 0 aromatic heterocycles. The molecular weight excluding hydrogens is 202 g/mol. The van der Waals surface area contributed by atoms with Crippen LogP contribution >= 0.6 is 0 Å². The highest BCUT2D eigenvalue weighted by Gasteiger charge is 2.23. The van der Waals surface area contributed by atoms with Gasteiger partial charge in [-0.05, 0) is 36.1 Å². The summed E-state index contributed by atoms with van der Waals surface area (Å²) in [6, 6.07) is 3.95. The molecule has 1 aliphatic rings. The van der Waals surface area contributed by atoms with E-state index in [4.69, 9.17) is 0 Å². The average Bonchev–Trinajstić information content (AvgIpc) is 2.27. The van der Waals surface area contributed by atoms with Gasteiger partial charge in [-0.25, -0.2) is 0 Å². The van der Waals surface area contributed by atoms with Crippen LogP contribution in [0.3, 0.4) is 0 Å². The first-order valence-corrected chi connectivity index (χ1v) is 5.46. The lowest BCUT2D eigenvalue weighted by atomic mass is 9.91. The van der Waals surface area contributed by atoms with Crippen LogP contribution in [0, 0.1) is 6.92 Å². The molecule has 1 amide bonds. The molecule has 0 spiro atoms. The second-order valence-corrected chi connectivity index (χ2v) is 4.18. The molecule has 1 heterocycles. The SMILES string of the molecule is Cc1ccc2c(c1CC=O)CCC(=O)N2C. The van der Waals surface area contributed by atoms with Gasteiger partial charge in [0.1, 0.15) is 6.29 Å². The Labute approximate surface area is 95.1 Å². The summed E-state index contributed by atoms with van der Waals surface area (Å²) in [7, 11) is 1.79. The van der Waals surface area contributed by atoms with Gasteiger partial charge in [0, 0.05) is 25.6 Å². The van der Waals surface area contributed by atoms with Crippen molar-refractivity contribution in [3.63, 3.8) is 0 Å². The van der Waals surface area contributed by atoms with Crippen LogP contribution in [0.15, 0.2) is 12.1 Å². The molecule has 1 aromatic rings. The molecule has 0 bridgehead atoms. The van der Waals surface area contributed by atoms with Crippen LogP contribution < -0.4 is 4.90 Å². The maximum absolute atomic E-state index is 11.6. The summed E-state index contributed by atoms with van der Waals surface area (Å²) in [6.07, 6.45) is 2.66. The molecule has 0 atom stereocenters. The van der Waals surface area contributed by atoms with Gasteiger partial charge in [0.2, 0.25) is 5.91 Å². The molecule has 1 aliphatic heterocycles. The van der Waals surface area contributed by atoms with E-state index in [2.05, 4.69) is 0 Å². The quantitative estimate of drug-likeness (QED) is 0.706. The minimum absolute atomic E-state index is 0.147. The van der Waals surface area contributed by atoms with Gasteiger partial charge in [-0.3, -0.25) is 4.79 Å². The maximum Gasteiger partial charge on any atom is 0.227 e. The zero-order valence-electron chi connectivity index (χ0n) is 9.62. The number of aldehydes is 1. The summed E-state index contributed by atoms with van der Waals surface area (Å²) in [5.74, 6) is 0.147. The largest absolute Gasteiger partial charge is 0.315 e. The number of carbonyl (C=O) groups is 2. The van der Waals surface area contributed by atoms with Gasteiger partial charge in [0.15, 0.2) is 0 Å². The van der Waals surface area contributed by atoms with Gasteiger partial charge in [-0.15, -0.1) is 0 Å². The van der Waals surface area contributed by atoms with Crippen molar-refractivity contribution >= 4 is 17.9 Å². The van der Waals surface area contributed by atoms with Crippen LogP contribution in [0.25, 0.3) is 0 Å². The van der Waals surface area contributed by atoms with E-state index < -0.39 is 0 Å². The predicted octanol–water partition coefficient (Wildman–Crippen LogP) is 1.65. The summed E-state index contributed by atoms with van der Waals surface area (Å²) in [4.78, 5) is 23.9. The monoisotopic (exact) mass is 217 g/mol. The molecule has 0 fully saturated rings. The highest BCUT2D eigenvalue weighted by molar-refractivity contribution is 5.96. The number of amides is 1. The molecule has 84 valence electrons. The Balaban J connectivity index is 2.56. The lowest BCUT2D eigenvalue weighted by Gasteiger charge is -2.28. The normalized spacial score (nSPS) is 14.9. The second-order valence-electron chi connectivity index (χ2n) is 4.18. The van der Waals surface area contributed by atoms with Gasteiger partial charge in [0.05, 0.1) is 0 Å². The number of rotatable bonds is 2. The Bertz CT molecular complexity index is 451. The number of nitrogens with zero attached hydrogens (tertiary/aromatic N) is 1. The zero-order valence-corrected chi connectivity index (χ0v) is 9.62. The van der Waals surface area contributed by atoms with Crippen molar-refractivity contribution in [2.24, 2.45) is 0 Å². The fourth-order valence-electron chi connectivity index (χ4n) is 2.29. The molecule has 0 N–H and O–H groups in total. The van der Waals surface area contributed by atoms with E-state index in [9.17, 15) is 9.59 Å². The molecule has 0 radical (unpaired) electrons. The lowest BCUT2D eigenvalue weighted by Crippen LogP contribution is -2.31. The zero-order chi connectivity index (χ0) is 11.7. The van der Waals surface area contributed by atoms with E-state index in [1.165, 1.54) is 0 Å². The topological polar surface area (TPSA) is 37.4 Å². The van der Waals surface area contributed by atoms with Gasteiger partial charge < -0.3 is 9.69 Å². The van der Waals surface area contributed by atoms with E-state index in [1.807, 2.05) is 19.1 Å². The number of hydrogen-bond acceptors (Lipinski definition) is 2. The Hall–Kier alpha value is -1.64. The van der Waals surface area contributed by atoms with Crippen LogP contribution in [0.2, 0.25) is 0 Å². The van der Waals surface area contributed by atoms with Gasteiger partial charge in [-0.2, -0.15) is 0 Å². The number of benzene rings is 1. The number of aryl methyl sites for hydroxylation is 1. The summed E-state index contributed by atoms with van der Waals surface area (Å²) in [5, 5.41) is 0. The van der Waals surface area contributed by atoms with E-state index >= 15 is 0 Å². The van der Waals surface area contributed by atoms with Crippen LogP contribution in [0.5, 0.6) is 0 Å². The highest BCUT2D eigenvalue weighted by atomic mass is 16.2. The second kappa shape index (κ2) is 4.08. The summed E-state index contributed by atoms with van der Waals surface area (Å²) >= 11 is 0. The highest BCUT2D eigenvalue weighted by Crippen LogP contribution is 2.31. The molecule has 3 nitrogen and oxygen atoms in total. The number of anilines is 1. The fourth-order valence-corrected chi connectivity index (χ4v) is 2.29. The average molecular weight is 217 g/mol. The third-order valence-electron chi connectivity index (χ3n) is 3.25. The van der Waals surface area contributed by atoms with E-state index in [-0.39, 0.29) is 5.91 Å². The predicted molar refractivity (Wildman–Crippen MR) is 62.7 cm³/mol. The Morgan fingerprint density at radius 2 is 2.12 bits per heavy atom. The lowest BCUT2D eigenvalue weighted by molar-refractivity contribution is -0.118. The third kappa shape index (κ3) is 1.62. The van der Waals surface area contributed by atoms with Crippen molar-refractivity contribution in [3.8, 4) is 0 Å². The summed E-state index contributed by atoms with van der Waals surface area (Å²) in [5.41, 5.74) is 4.34. The van der Waals surface area contributed by atoms with Crippen LogP contribution in [0.1, 0.15) is 23.1 Å². The molecule has 0 saturated carbocycles. The van der Waals surface area contributed by atoms with E-state index in [0.29, 0.717) is 12.8 Å². The smallest absolute Gasteiger partial charge is 0.227 e. The third-order valence-corrected chi connectivity index (χ3v) is 3.25. The van der Waals surface area contributed by atoms with Gasteiger partial charge in [-0.1, -0.05) is 6.07 Å². The summed E-state index contributed by atoms with van der Waals surface area (Å²) in [6.45, 7) is 2.01. The van der Waals surface area contributed by atoms with Crippen molar-refractivity contribution < 1.29 is 9.59 Å². The first-order chi connectivity index (χ1) is 7.65. The van der Waals surface area contributed by atoms with E-state index in [1.54, 1.807) is 11.9 Å². The molecule has 16 heavy (non-hydrogen) atoms. The molecule has 2 rings (SSSR count). The van der Waals surface area contributed by atoms with Crippen molar-refractivity contribution in [2.75, 3.05) is 11.9 Å². The number of hydrogen-bond donors (Lipinski definition) is 0. The van der Waals surface area contributed by atoms with Crippen LogP contribution in [0.4, 0.5) is 5.69 Å². The number of carbonyl (C=O) groups excluding carboxylic acids is 2. The van der Waals surface area contributed by atoms with Gasteiger partial charge in [0.25, 0.3) is 0 Å². The Kier molecular flexibility index (Phi) is 2.77. The minimum atomic E-state index is 0.147. The molecule has 1 aromatic carbocycles. The maximum atomic E-state index is 11.6. The van der Waals surface area contributed by atoms with Crippen molar-refractivity contribution in [1.82, 2.24) is 0 Å². The van der Waals surface area contributed by atoms with Crippen LogP contribution in [-0.4, -0.2) is 19.2 Å². The Morgan fingerprint density at radius 1 is 1.38 bits per heavy atom. The Morgan fingerprint density at radius 3 is 2.81 bits per heavy atom. The van der Waals surface area contributed by atoms with E-state index in [0.717, 1.165) is 35.1 Å². The molecule has 0 saturated heterocycles. The minimum Gasteiger partial charge on any atom is -0.315 e. The first kappa shape index (κ1) is 10.9. The van der Waals surface area contributed by atoms with Crippen molar-refractivity contribution in [1.29, 1.82) is 0 Å². The first-order valence-electron chi connectivity index (χ1n) is 5.46. The fraction of sp³-hybridized carbons (Fsp3) is 0.385. The molecular formula is C13H15NO2.